The van der Waals surface area contributed by atoms with Crippen LogP contribution in [-0.4, -0.2) is 43.9 Å². The van der Waals surface area contributed by atoms with Gasteiger partial charge in [0.1, 0.15) is 28.7 Å². The number of benzene rings is 1. The molecule has 0 saturated carbocycles. The van der Waals surface area contributed by atoms with Gasteiger partial charge in [-0.25, -0.2) is 15.0 Å². The van der Waals surface area contributed by atoms with E-state index in [4.69, 9.17) is 25.8 Å². The minimum Gasteiger partial charge on any atom is -0.492 e. The van der Waals surface area contributed by atoms with E-state index in [1.54, 1.807) is 22.9 Å². The van der Waals surface area contributed by atoms with Crippen LogP contribution in [0.25, 0.3) is 10.9 Å². The van der Waals surface area contributed by atoms with Crippen molar-refractivity contribution in [3.05, 3.63) is 54.1 Å². The topological polar surface area (TPSA) is 113 Å². The van der Waals surface area contributed by atoms with Crippen molar-refractivity contribution < 1.29 is 19.0 Å². The third-order valence-electron chi connectivity index (χ3n) is 4.43. The molecule has 0 atom stereocenters. The molecule has 0 unspecified atom stereocenters. The SMILES string of the molecule is CC(=O)OCCCOc1cnc(Oc2ccc3ncnc(Nc4ccn(C)n4)c3c2)c(Cl)c1. The van der Waals surface area contributed by atoms with E-state index in [0.717, 1.165) is 10.9 Å². The molecule has 0 bridgehead atoms. The van der Waals surface area contributed by atoms with Crippen LogP contribution in [0.1, 0.15) is 13.3 Å². The lowest BCUT2D eigenvalue weighted by Gasteiger charge is -2.11. The number of aromatic nitrogens is 5. The average Bonchev–Trinajstić information content (AvgIpc) is 3.20. The van der Waals surface area contributed by atoms with Gasteiger partial charge in [0.15, 0.2) is 5.82 Å². The first kappa shape index (κ1) is 22.3. The number of halogens is 1. The first-order valence-corrected chi connectivity index (χ1v) is 10.5. The number of carbonyl (C=O) groups is 1. The van der Waals surface area contributed by atoms with Crippen LogP contribution in [0.15, 0.2) is 49.1 Å². The Balaban J connectivity index is 1.46. The Morgan fingerprint density at radius 3 is 2.76 bits per heavy atom. The first-order chi connectivity index (χ1) is 16.0. The van der Waals surface area contributed by atoms with Crippen LogP contribution < -0.4 is 14.8 Å². The molecule has 3 heterocycles. The van der Waals surface area contributed by atoms with Gasteiger partial charge in [-0.1, -0.05) is 11.6 Å². The molecule has 0 aliphatic heterocycles. The lowest BCUT2D eigenvalue weighted by molar-refractivity contribution is -0.141. The number of nitrogens with zero attached hydrogens (tertiary/aromatic N) is 5. The zero-order chi connectivity index (χ0) is 23.2. The zero-order valence-corrected chi connectivity index (χ0v) is 18.7. The zero-order valence-electron chi connectivity index (χ0n) is 18.0. The molecule has 33 heavy (non-hydrogen) atoms. The van der Waals surface area contributed by atoms with Gasteiger partial charge in [-0.15, -0.1) is 0 Å². The van der Waals surface area contributed by atoms with Crippen molar-refractivity contribution >= 4 is 40.1 Å². The van der Waals surface area contributed by atoms with Crippen molar-refractivity contribution in [3.63, 3.8) is 0 Å². The molecule has 0 saturated heterocycles. The van der Waals surface area contributed by atoms with E-state index in [2.05, 4.69) is 25.4 Å². The second-order valence-electron chi connectivity index (χ2n) is 7.00. The highest BCUT2D eigenvalue weighted by molar-refractivity contribution is 6.32. The van der Waals surface area contributed by atoms with Crippen molar-refractivity contribution in [2.24, 2.45) is 7.05 Å². The average molecular weight is 469 g/mol. The molecule has 0 spiro atoms. The molecule has 170 valence electrons. The number of carbonyl (C=O) groups excluding carboxylic acids is 1. The number of rotatable bonds is 9. The van der Waals surface area contributed by atoms with Crippen LogP contribution in [0.5, 0.6) is 17.4 Å². The van der Waals surface area contributed by atoms with E-state index in [1.165, 1.54) is 19.4 Å². The summed E-state index contributed by atoms with van der Waals surface area (Å²) in [7, 11) is 1.84. The van der Waals surface area contributed by atoms with Crippen LogP contribution >= 0.6 is 11.6 Å². The summed E-state index contributed by atoms with van der Waals surface area (Å²) >= 11 is 6.34. The summed E-state index contributed by atoms with van der Waals surface area (Å²) in [6.07, 6.45) is 5.40. The Labute approximate surface area is 194 Å². The van der Waals surface area contributed by atoms with Crippen LogP contribution in [0.2, 0.25) is 5.02 Å². The maximum atomic E-state index is 10.8. The summed E-state index contributed by atoms with van der Waals surface area (Å²) in [5.74, 6) is 2.19. The van der Waals surface area contributed by atoms with Crippen LogP contribution in [0.4, 0.5) is 11.6 Å². The summed E-state index contributed by atoms with van der Waals surface area (Å²) in [6, 6.07) is 8.87. The highest BCUT2D eigenvalue weighted by Crippen LogP contribution is 2.32. The van der Waals surface area contributed by atoms with Gasteiger partial charge < -0.3 is 19.5 Å². The van der Waals surface area contributed by atoms with E-state index in [9.17, 15) is 4.79 Å². The monoisotopic (exact) mass is 468 g/mol. The standard InChI is InChI=1S/C22H21ClN6O4/c1-14(30)31-8-3-9-32-16-11-18(23)22(24-12-16)33-15-4-5-19-17(10-15)21(26-13-25-19)27-20-6-7-29(2)28-20/h4-7,10-13H,3,8-9H2,1-2H3,(H,25,26,27,28). The van der Waals surface area contributed by atoms with Crippen molar-refractivity contribution in [2.45, 2.75) is 13.3 Å². The Bertz CT molecular complexity index is 1280. The fraction of sp³-hybridized carbons (Fsp3) is 0.227. The van der Waals surface area contributed by atoms with Gasteiger partial charge in [-0.3, -0.25) is 9.48 Å². The summed E-state index contributed by atoms with van der Waals surface area (Å²) in [4.78, 5) is 23.6. The summed E-state index contributed by atoms with van der Waals surface area (Å²) in [5, 5.41) is 8.55. The molecule has 0 radical (unpaired) electrons. The van der Waals surface area contributed by atoms with E-state index < -0.39 is 0 Å². The van der Waals surface area contributed by atoms with Crippen molar-refractivity contribution in [3.8, 4) is 17.4 Å². The fourth-order valence-electron chi connectivity index (χ4n) is 2.94. The van der Waals surface area contributed by atoms with Crippen molar-refractivity contribution in [1.82, 2.24) is 24.7 Å². The summed E-state index contributed by atoms with van der Waals surface area (Å²) in [6.45, 7) is 2.02. The van der Waals surface area contributed by atoms with Gasteiger partial charge in [0, 0.05) is 44.1 Å². The van der Waals surface area contributed by atoms with Gasteiger partial charge in [0.05, 0.1) is 24.9 Å². The van der Waals surface area contributed by atoms with Crippen LogP contribution in [0, 0.1) is 0 Å². The van der Waals surface area contributed by atoms with Gasteiger partial charge >= 0.3 is 5.97 Å². The van der Waals surface area contributed by atoms with E-state index in [0.29, 0.717) is 47.8 Å². The Hall–Kier alpha value is -3.92. The van der Waals surface area contributed by atoms with Crippen LogP contribution in [0.3, 0.4) is 0 Å². The predicted molar refractivity (Wildman–Crippen MR) is 122 cm³/mol. The normalized spacial score (nSPS) is 10.8. The van der Waals surface area contributed by atoms with Crippen LogP contribution in [-0.2, 0) is 16.6 Å². The van der Waals surface area contributed by atoms with E-state index in [-0.39, 0.29) is 11.8 Å². The predicted octanol–water partition coefficient (Wildman–Crippen LogP) is 4.28. The molecule has 1 N–H and O–H groups in total. The second-order valence-corrected chi connectivity index (χ2v) is 7.41. The lowest BCUT2D eigenvalue weighted by Crippen LogP contribution is -2.06. The van der Waals surface area contributed by atoms with Crippen molar-refractivity contribution in [2.75, 3.05) is 18.5 Å². The molecule has 4 aromatic rings. The molecule has 0 fully saturated rings. The number of hydrogen-bond donors (Lipinski definition) is 1. The molecular weight excluding hydrogens is 448 g/mol. The molecule has 3 aromatic heterocycles. The van der Waals surface area contributed by atoms with Gasteiger partial charge in [-0.2, -0.15) is 5.10 Å². The van der Waals surface area contributed by atoms with E-state index >= 15 is 0 Å². The van der Waals surface area contributed by atoms with Gasteiger partial charge in [0.2, 0.25) is 5.88 Å². The summed E-state index contributed by atoms with van der Waals surface area (Å²) < 4.78 is 18.0. The number of nitrogens with one attached hydrogen (secondary N) is 1. The quantitative estimate of drug-likeness (QED) is 0.284. The van der Waals surface area contributed by atoms with Gasteiger partial charge in [-0.05, 0) is 18.2 Å². The highest BCUT2D eigenvalue weighted by atomic mass is 35.5. The number of esters is 1. The smallest absolute Gasteiger partial charge is 0.302 e. The largest absolute Gasteiger partial charge is 0.492 e. The number of pyridine rings is 1. The molecule has 0 amide bonds. The minimum absolute atomic E-state index is 0.236. The molecule has 11 heteroatoms. The lowest BCUT2D eigenvalue weighted by atomic mass is 10.2. The molecule has 0 aliphatic rings. The van der Waals surface area contributed by atoms with Crippen molar-refractivity contribution in [1.29, 1.82) is 0 Å². The molecular formula is C22H21ClN6O4. The Kier molecular flexibility index (Phi) is 6.84. The van der Waals surface area contributed by atoms with E-state index in [1.807, 2.05) is 25.4 Å². The van der Waals surface area contributed by atoms with Gasteiger partial charge in [0.25, 0.3) is 0 Å². The maximum absolute atomic E-state index is 10.8. The number of hydrogen-bond acceptors (Lipinski definition) is 9. The number of anilines is 2. The molecule has 1 aromatic carbocycles. The minimum atomic E-state index is -0.318. The highest BCUT2D eigenvalue weighted by Gasteiger charge is 2.11. The Morgan fingerprint density at radius 1 is 1.12 bits per heavy atom. The number of fused-ring (bicyclic) bond motifs is 1. The maximum Gasteiger partial charge on any atom is 0.302 e. The second kappa shape index (κ2) is 10.1. The summed E-state index contributed by atoms with van der Waals surface area (Å²) in [5.41, 5.74) is 0.743. The molecule has 4 rings (SSSR count). The molecule has 10 nitrogen and oxygen atoms in total. The fourth-order valence-corrected chi connectivity index (χ4v) is 3.14. The first-order valence-electron chi connectivity index (χ1n) is 10.1. The number of aryl methyl sites for hydroxylation is 1. The third kappa shape index (κ3) is 5.86. The number of ether oxygens (including phenoxy) is 3. The molecule has 0 aliphatic carbocycles. The Morgan fingerprint density at radius 2 is 2.00 bits per heavy atom. The third-order valence-corrected chi connectivity index (χ3v) is 4.70.